The van der Waals surface area contributed by atoms with Gasteiger partial charge in [0.2, 0.25) is 0 Å². The molecule has 0 bridgehead atoms. The number of halogens is 2. The second-order valence-corrected chi connectivity index (χ2v) is 5.27. The molecule has 22 heavy (non-hydrogen) atoms. The van der Waals surface area contributed by atoms with Crippen molar-refractivity contribution >= 4 is 16.6 Å². The molecule has 0 spiro atoms. The van der Waals surface area contributed by atoms with E-state index in [1.807, 2.05) is 12.1 Å². The topological polar surface area (TPSA) is 34.0 Å². The molecule has 0 saturated carbocycles. The number of benzene rings is 1. The average Bonchev–Trinajstić information content (AvgIpc) is 2.45. The molecule has 2 rings (SSSR count). The Labute approximate surface area is 127 Å². The number of aromatic nitrogens is 1. The van der Waals surface area contributed by atoms with E-state index < -0.39 is 6.43 Å². The summed E-state index contributed by atoms with van der Waals surface area (Å²) in [5.41, 5.74) is 2.37. The van der Waals surface area contributed by atoms with Crippen LogP contribution in [0.4, 0.5) is 14.5 Å². The first-order valence-corrected chi connectivity index (χ1v) is 6.83. The van der Waals surface area contributed by atoms with Crippen molar-refractivity contribution in [1.82, 2.24) is 4.57 Å². The molecule has 0 aliphatic carbocycles. The summed E-state index contributed by atoms with van der Waals surface area (Å²) in [5, 5.41) is 3.86. The van der Waals surface area contributed by atoms with Crippen molar-refractivity contribution in [1.29, 1.82) is 0 Å². The first-order chi connectivity index (χ1) is 10.3. The Morgan fingerprint density at radius 3 is 2.73 bits per heavy atom. The molecule has 0 fully saturated rings. The maximum atomic E-state index is 12.6. The molecule has 1 N–H and O–H groups in total. The van der Waals surface area contributed by atoms with Crippen molar-refractivity contribution < 1.29 is 8.78 Å². The minimum absolute atomic E-state index is 0.0543. The molecule has 1 aromatic heterocycles. The van der Waals surface area contributed by atoms with Crippen LogP contribution in [0.1, 0.15) is 12.5 Å². The Hall–Kier alpha value is -2.43. The van der Waals surface area contributed by atoms with Crippen LogP contribution < -0.4 is 10.9 Å². The van der Waals surface area contributed by atoms with Gasteiger partial charge in [0.15, 0.2) is 0 Å². The number of alkyl halides is 2. The van der Waals surface area contributed by atoms with E-state index >= 15 is 0 Å². The van der Waals surface area contributed by atoms with Crippen molar-refractivity contribution in [2.75, 3.05) is 5.32 Å². The fourth-order valence-corrected chi connectivity index (χ4v) is 2.31. The molecular weight excluding hydrogens is 286 g/mol. The highest BCUT2D eigenvalue weighted by Gasteiger charge is 2.09. The van der Waals surface area contributed by atoms with Crippen molar-refractivity contribution in [3.05, 3.63) is 64.1 Å². The highest BCUT2D eigenvalue weighted by molar-refractivity contribution is 5.92. The van der Waals surface area contributed by atoms with Gasteiger partial charge in [-0.3, -0.25) is 4.79 Å². The standard InChI is InChI=1S/C17H18F2N2O/c1-10(16(18)19)8-12(3)20-14-6-5-7-15-13(14)9-11(2)17(22)21(15)4/h5-9,16,20H,3H2,1-2,4H3/b10-8+. The second-order valence-electron chi connectivity index (χ2n) is 5.27. The number of nitrogens with one attached hydrogen (secondary N) is 1. The summed E-state index contributed by atoms with van der Waals surface area (Å²) >= 11 is 0. The Kier molecular flexibility index (Phi) is 4.45. The summed E-state index contributed by atoms with van der Waals surface area (Å²) < 4.78 is 26.7. The van der Waals surface area contributed by atoms with Gasteiger partial charge in [0.05, 0.1) is 5.52 Å². The van der Waals surface area contributed by atoms with Crippen LogP contribution in [0.25, 0.3) is 10.9 Å². The molecule has 0 aliphatic heterocycles. The Morgan fingerprint density at radius 1 is 1.41 bits per heavy atom. The fraction of sp³-hybridized carbons (Fsp3) is 0.235. The van der Waals surface area contributed by atoms with Crippen LogP contribution in [-0.4, -0.2) is 11.0 Å². The Bertz CT molecular complexity index is 819. The van der Waals surface area contributed by atoms with Gasteiger partial charge in [-0.1, -0.05) is 12.6 Å². The highest BCUT2D eigenvalue weighted by Crippen LogP contribution is 2.24. The predicted octanol–water partition coefficient (Wildman–Crippen LogP) is 3.98. The third-order valence-corrected chi connectivity index (χ3v) is 3.49. The number of anilines is 1. The summed E-state index contributed by atoms with van der Waals surface area (Å²) in [6.45, 7) is 6.85. The van der Waals surface area contributed by atoms with Crippen molar-refractivity contribution in [2.45, 2.75) is 20.3 Å². The monoisotopic (exact) mass is 304 g/mol. The minimum Gasteiger partial charge on any atom is -0.355 e. The second kappa shape index (κ2) is 6.13. The van der Waals surface area contributed by atoms with Gasteiger partial charge < -0.3 is 9.88 Å². The summed E-state index contributed by atoms with van der Waals surface area (Å²) in [7, 11) is 1.71. The molecule has 0 amide bonds. The van der Waals surface area contributed by atoms with Gasteiger partial charge >= 0.3 is 0 Å². The molecule has 0 unspecified atom stereocenters. The lowest BCUT2D eigenvalue weighted by Crippen LogP contribution is -2.19. The van der Waals surface area contributed by atoms with E-state index in [9.17, 15) is 13.6 Å². The third-order valence-electron chi connectivity index (χ3n) is 3.49. The van der Waals surface area contributed by atoms with E-state index in [2.05, 4.69) is 11.9 Å². The average molecular weight is 304 g/mol. The van der Waals surface area contributed by atoms with Gasteiger partial charge in [-0.2, -0.15) is 0 Å². The predicted molar refractivity (Wildman–Crippen MR) is 86.4 cm³/mol. The number of nitrogens with zero attached hydrogens (tertiary/aromatic N) is 1. The van der Waals surface area contributed by atoms with E-state index in [4.69, 9.17) is 0 Å². The SMILES string of the molecule is C=C(/C=C(\C)C(F)F)Nc1cccc2c1cc(C)c(=O)n2C. The number of rotatable bonds is 4. The maximum Gasteiger partial charge on any atom is 0.260 e. The molecule has 0 saturated heterocycles. The van der Waals surface area contributed by atoms with Gasteiger partial charge in [0.1, 0.15) is 0 Å². The Balaban J connectivity index is 2.47. The lowest BCUT2D eigenvalue weighted by atomic mass is 10.1. The van der Waals surface area contributed by atoms with E-state index in [0.29, 0.717) is 11.3 Å². The lowest BCUT2D eigenvalue weighted by molar-refractivity contribution is 0.190. The van der Waals surface area contributed by atoms with Crippen LogP contribution in [0.15, 0.2) is 53.0 Å². The molecule has 1 heterocycles. The smallest absolute Gasteiger partial charge is 0.260 e. The van der Waals surface area contributed by atoms with Crippen LogP contribution in [0, 0.1) is 6.92 Å². The molecule has 5 heteroatoms. The van der Waals surface area contributed by atoms with Crippen LogP contribution in [-0.2, 0) is 7.05 Å². The van der Waals surface area contributed by atoms with Gasteiger partial charge in [0, 0.05) is 29.4 Å². The molecule has 1 aromatic carbocycles. The summed E-state index contributed by atoms with van der Waals surface area (Å²) in [4.78, 5) is 12.0. The zero-order valence-corrected chi connectivity index (χ0v) is 12.8. The minimum atomic E-state index is -2.51. The van der Waals surface area contributed by atoms with Gasteiger partial charge in [-0.25, -0.2) is 8.78 Å². The third kappa shape index (κ3) is 3.08. The lowest BCUT2D eigenvalue weighted by Gasteiger charge is -2.13. The first-order valence-electron chi connectivity index (χ1n) is 6.83. The van der Waals surface area contributed by atoms with Crippen molar-refractivity contribution in [2.24, 2.45) is 7.05 Å². The van der Waals surface area contributed by atoms with E-state index in [-0.39, 0.29) is 11.1 Å². The van der Waals surface area contributed by atoms with E-state index in [1.54, 1.807) is 30.7 Å². The molecule has 0 radical (unpaired) electrons. The number of allylic oxidation sites excluding steroid dienone is 2. The zero-order chi connectivity index (χ0) is 16.4. The largest absolute Gasteiger partial charge is 0.355 e. The van der Waals surface area contributed by atoms with Gasteiger partial charge in [-0.05, 0) is 43.7 Å². The molecule has 0 aliphatic rings. The summed E-state index contributed by atoms with van der Waals surface area (Å²) in [6.07, 6.45) is -1.19. The number of hydrogen-bond acceptors (Lipinski definition) is 2. The van der Waals surface area contributed by atoms with Crippen LogP contribution >= 0.6 is 0 Å². The van der Waals surface area contributed by atoms with E-state index in [1.165, 1.54) is 13.0 Å². The quantitative estimate of drug-likeness (QED) is 0.867. The molecule has 2 aromatic rings. The van der Waals surface area contributed by atoms with Gasteiger partial charge in [0.25, 0.3) is 12.0 Å². The maximum absolute atomic E-state index is 12.6. The number of hydrogen-bond donors (Lipinski definition) is 1. The normalized spacial score (nSPS) is 12.0. The molecule has 116 valence electrons. The van der Waals surface area contributed by atoms with Crippen molar-refractivity contribution in [3.63, 3.8) is 0 Å². The first kappa shape index (κ1) is 15.9. The molecule has 0 atom stereocenters. The van der Waals surface area contributed by atoms with Crippen molar-refractivity contribution in [3.8, 4) is 0 Å². The fourth-order valence-electron chi connectivity index (χ4n) is 2.31. The van der Waals surface area contributed by atoms with Crippen LogP contribution in [0.3, 0.4) is 0 Å². The molecular formula is C17H18F2N2O. The molecule has 3 nitrogen and oxygen atoms in total. The van der Waals surface area contributed by atoms with E-state index in [0.717, 1.165) is 16.6 Å². The number of fused-ring (bicyclic) bond motifs is 1. The highest BCUT2D eigenvalue weighted by atomic mass is 19.3. The Morgan fingerprint density at radius 2 is 2.09 bits per heavy atom. The number of pyridine rings is 1. The van der Waals surface area contributed by atoms with Gasteiger partial charge in [-0.15, -0.1) is 0 Å². The van der Waals surface area contributed by atoms with Crippen LogP contribution in [0.2, 0.25) is 0 Å². The summed E-state index contributed by atoms with van der Waals surface area (Å²) in [5.74, 6) is 0. The zero-order valence-electron chi connectivity index (χ0n) is 12.8. The number of aryl methyl sites for hydroxylation is 2. The summed E-state index contributed by atoms with van der Waals surface area (Å²) in [6, 6.07) is 7.25. The van der Waals surface area contributed by atoms with Crippen LogP contribution in [0.5, 0.6) is 0 Å².